The normalized spacial score (nSPS) is 11.5. The summed E-state index contributed by atoms with van der Waals surface area (Å²) in [5, 5.41) is 14.6. The molecule has 35 heavy (non-hydrogen) atoms. The molecule has 4 rings (SSSR count). The number of nitro benzene ring substituents is 1. The van der Waals surface area contributed by atoms with Crippen LogP contribution in [0.15, 0.2) is 65.3 Å². The average molecular weight is 474 g/mol. The third kappa shape index (κ3) is 4.63. The van der Waals surface area contributed by atoms with Crippen molar-refractivity contribution in [3.8, 4) is 16.9 Å². The Morgan fingerprint density at radius 1 is 1.14 bits per heavy atom. The average Bonchev–Trinajstić information content (AvgIpc) is 3.25. The molecule has 0 bridgehead atoms. The zero-order valence-electron chi connectivity index (χ0n) is 19.6. The van der Waals surface area contributed by atoms with Gasteiger partial charge in [-0.1, -0.05) is 18.2 Å². The summed E-state index contributed by atoms with van der Waals surface area (Å²) >= 11 is 0. The van der Waals surface area contributed by atoms with E-state index in [4.69, 9.17) is 9.15 Å². The molecule has 0 fully saturated rings. The van der Waals surface area contributed by atoms with Crippen molar-refractivity contribution in [2.24, 2.45) is 0 Å². The number of nitrogens with one attached hydrogen (secondary N) is 1. The van der Waals surface area contributed by atoms with Crippen molar-refractivity contribution in [1.82, 2.24) is 0 Å². The minimum Gasteiger partial charge on any atom is -0.496 e. The van der Waals surface area contributed by atoms with E-state index in [1.165, 1.54) is 30.3 Å². The van der Waals surface area contributed by atoms with E-state index >= 15 is 0 Å². The number of non-ortho nitro benzene ring substituents is 1. The van der Waals surface area contributed by atoms with Crippen molar-refractivity contribution >= 4 is 33.8 Å². The number of rotatable bonds is 6. The Balaban J connectivity index is 1.74. The Morgan fingerprint density at radius 3 is 2.51 bits per heavy atom. The number of furan rings is 1. The molecule has 1 amide bonds. The highest BCUT2D eigenvalue weighted by Gasteiger charge is 2.19. The summed E-state index contributed by atoms with van der Waals surface area (Å²) < 4.78 is 24.9. The molecule has 0 aliphatic carbocycles. The third-order valence-corrected chi connectivity index (χ3v) is 5.87. The highest BCUT2D eigenvalue weighted by molar-refractivity contribution is 6.06. The minimum atomic E-state index is -0.511. The number of allylic oxidation sites excluding steroid dienone is 1. The van der Waals surface area contributed by atoms with Crippen molar-refractivity contribution in [2.75, 3.05) is 12.4 Å². The molecule has 0 spiro atoms. The lowest BCUT2D eigenvalue weighted by atomic mass is 9.96. The van der Waals surface area contributed by atoms with Crippen LogP contribution < -0.4 is 10.1 Å². The van der Waals surface area contributed by atoms with Crippen LogP contribution in [0, 0.1) is 29.8 Å². The molecular weight excluding hydrogens is 451 g/mol. The first kappa shape index (κ1) is 23.7. The maximum atomic E-state index is 13.4. The number of hydrogen-bond acceptors (Lipinski definition) is 5. The number of nitro groups is 1. The molecule has 0 aliphatic heterocycles. The monoisotopic (exact) mass is 474 g/mol. The van der Waals surface area contributed by atoms with E-state index in [2.05, 4.69) is 5.32 Å². The number of benzene rings is 3. The van der Waals surface area contributed by atoms with Crippen LogP contribution in [-0.2, 0) is 4.79 Å². The van der Waals surface area contributed by atoms with Crippen LogP contribution in [0.2, 0.25) is 0 Å². The Hall–Kier alpha value is -4.46. The minimum absolute atomic E-state index is 0.109. The first-order chi connectivity index (χ1) is 16.7. The SMILES string of the molecule is COc1c(/C(C)=C/C(=O)Nc2cc([N+](=O)[O-])ccc2C)cc2c(-c3ccc(F)cc3)coc2c1C. The highest BCUT2D eigenvalue weighted by atomic mass is 19.1. The van der Waals surface area contributed by atoms with Crippen LogP contribution in [0.4, 0.5) is 15.8 Å². The molecular formula is C27H23FN2O5. The Morgan fingerprint density at radius 2 is 1.86 bits per heavy atom. The number of fused-ring (bicyclic) bond motifs is 1. The van der Waals surface area contributed by atoms with Gasteiger partial charge < -0.3 is 14.5 Å². The van der Waals surface area contributed by atoms with Gasteiger partial charge in [-0.2, -0.15) is 0 Å². The van der Waals surface area contributed by atoms with Gasteiger partial charge in [0.15, 0.2) is 0 Å². The Labute approximate surface area is 201 Å². The number of anilines is 1. The maximum Gasteiger partial charge on any atom is 0.271 e. The van der Waals surface area contributed by atoms with Gasteiger partial charge in [-0.05, 0) is 55.7 Å². The number of halogens is 1. The molecule has 4 aromatic rings. The van der Waals surface area contributed by atoms with Gasteiger partial charge in [-0.25, -0.2) is 4.39 Å². The zero-order valence-corrected chi connectivity index (χ0v) is 19.6. The number of carbonyl (C=O) groups is 1. The first-order valence-corrected chi connectivity index (χ1v) is 10.8. The molecule has 0 aliphatic rings. The van der Waals surface area contributed by atoms with Crippen LogP contribution >= 0.6 is 0 Å². The van der Waals surface area contributed by atoms with Gasteiger partial charge in [0.05, 0.1) is 24.0 Å². The van der Waals surface area contributed by atoms with E-state index in [0.29, 0.717) is 33.7 Å². The van der Waals surface area contributed by atoms with Crippen molar-refractivity contribution in [3.05, 3.63) is 93.5 Å². The van der Waals surface area contributed by atoms with Gasteiger partial charge in [0, 0.05) is 40.3 Å². The molecule has 8 heteroatoms. The molecule has 0 radical (unpaired) electrons. The number of carbonyl (C=O) groups excluding carboxylic acids is 1. The van der Waals surface area contributed by atoms with Crippen molar-refractivity contribution in [1.29, 1.82) is 0 Å². The Bertz CT molecular complexity index is 1490. The van der Waals surface area contributed by atoms with Gasteiger partial charge in [0.25, 0.3) is 5.69 Å². The third-order valence-electron chi connectivity index (χ3n) is 5.87. The summed E-state index contributed by atoms with van der Waals surface area (Å²) in [4.78, 5) is 23.4. The fourth-order valence-electron chi connectivity index (χ4n) is 4.03. The van der Waals surface area contributed by atoms with Crippen molar-refractivity contribution in [3.63, 3.8) is 0 Å². The highest BCUT2D eigenvalue weighted by Crippen LogP contribution is 2.40. The summed E-state index contributed by atoms with van der Waals surface area (Å²) in [6.45, 7) is 5.40. The lowest BCUT2D eigenvalue weighted by Crippen LogP contribution is -2.10. The van der Waals surface area contributed by atoms with Crippen molar-refractivity contribution < 1.29 is 23.3 Å². The number of ether oxygens (including phenoxy) is 1. The fraction of sp³-hybridized carbons (Fsp3) is 0.148. The number of methoxy groups -OCH3 is 1. The predicted molar refractivity (Wildman–Crippen MR) is 133 cm³/mol. The van der Waals surface area contributed by atoms with Crippen molar-refractivity contribution in [2.45, 2.75) is 20.8 Å². The predicted octanol–water partition coefficient (Wildman–Crippen LogP) is 6.81. The largest absolute Gasteiger partial charge is 0.496 e. The van der Waals surface area contributed by atoms with E-state index in [9.17, 15) is 19.3 Å². The quantitative estimate of drug-likeness (QED) is 0.188. The smallest absolute Gasteiger partial charge is 0.271 e. The molecule has 1 heterocycles. The molecule has 7 nitrogen and oxygen atoms in total. The zero-order chi connectivity index (χ0) is 25.3. The lowest BCUT2D eigenvalue weighted by Gasteiger charge is -2.13. The standard InChI is InChI=1S/C27H23FN2O5/c1-15-5-10-20(30(32)33)12-24(15)29-25(31)11-16(2)21-13-22-23(18-6-8-19(28)9-7-18)14-35-27(22)17(3)26(21)34-4/h5-14H,1-4H3,(H,29,31)/b16-11+. The number of hydrogen-bond donors (Lipinski definition) is 1. The van der Waals surface area contributed by atoms with Crippen LogP contribution in [0.1, 0.15) is 23.6 Å². The molecule has 0 saturated heterocycles. The fourth-order valence-corrected chi connectivity index (χ4v) is 4.03. The second kappa shape index (κ2) is 9.42. The van der Waals surface area contributed by atoms with Crippen LogP contribution in [0.25, 0.3) is 27.7 Å². The lowest BCUT2D eigenvalue weighted by molar-refractivity contribution is -0.384. The summed E-state index contributed by atoms with van der Waals surface area (Å²) in [7, 11) is 1.54. The summed E-state index contributed by atoms with van der Waals surface area (Å²) in [5.41, 5.74) is 5.24. The van der Waals surface area contributed by atoms with E-state index in [-0.39, 0.29) is 11.5 Å². The summed E-state index contributed by atoms with van der Waals surface area (Å²) in [6.07, 6.45) is 3.03. The molecule has 0 saturated carbocycles. The second-order valence-electron chi connectivity index (χ2n) is 8.19. The molecule has 1 aromatic heterocycles. The van der Waals surface area contributed by atoms with Gasteiger partial charge in [-0.15, -0.1) is 0 Å². The number of nitrogens with zero attached hydrogens (tertiary/aromatic N) is 1. The molecule has 178 valence electrons. The van der Waals surface area contributed by atoms with Gasteiger partial charge in [-0.3, -0.25) is 14.9 Å². The summed E-state index contributed by atoms with van der Waals surface area (Å²) in [5.74, 6) is -0.202. The van der Waals surface area contributed by atoms with E-state index in [0.717, 1.165) is 22.1 Å². The van der Waals surface area contributed by atoms with Crippen LogP contribution in [-0.4, -0.2) is 17.9 Å². The molecule has 0 atom stereocenters. The van der Waals surface area contributed by atoms with Crippen LogP contribution in [0.3, 0.4) is 0 Å². The Kier molecular flexibility index (Phi) is 6.38. The topological polar surface area (TPSA) is 94.6 Å². The number of aryl methyl sites for hydroxylation is 2. The number of amides is 1. The van der Waals surface area contributed by atoms with E-state index in [1.807, 2.05) is 13.0 Å². The van der Waals surface area contributed by atoms with Gasteiger partial charge in [0.1, 0.15) is 17.1 Å². The second-order valence-corrected chi connectivity index (χ2v) is 8.19. The molecule has 1 N–H and O–H groups in total. The van der Waals surface area contributed by atoms with Gasteiger partial charge >= 0.3 is 0 Å². The first-order valence-electron chi connectivity index (χ1n) is 10.8. The van der Waals surface area contributed by atoms with E-state index < -0.39 is 10.8 Å². The summed E-state index contributed by atoms with van der Waals surface area (Å²) in [6, 6.07) is 12.3. The molecule has 3 aromatic carbocycles. The van der Waals surface area contributed by atoms with E-state index in [1.54, 1.807) is 45.4 Å². The maximum absolute atomic E-state index is 13.4. The molecule has 0 unspecified atom stereocenters. The van der Waals surface area contributed by atoms with Crippen LogP contribution in [0.5, 0.6) is 5.75 Å². The van der Waals surface area contributed by atoms with Gasteiger partial charge in [0.2, 0.25) is 5.91 Å².